The summed E-state index contributed by atoms with van der Waals surface area (Å²) in [5.41, 5.74) is 0. The van der Waals surface area contributed by atoms with Crippen LogP contribution in [0.4, 0.5) is 0 Å². The van der Waals surface area contributed by atoms with Crippen molar-refractivity contribution in [3.05, 3.63) is 0 Å². The molecule has 0 bridgehead atoms. The lowest BCUT2D eigenvalue weighted by atomic mass is 10.3. The summed E-state index contributed by atoms with van der Waals surface area (Å²) < 4.78 is 10.3. The predicted octanol–water partition coefficient (Wildman–Crippen LogP) is 0.544. The van der Waals surface area contributed by atoms with E-state index in [1.807, 2.05) is 13.8 Å². The molecular weight excluding hydrogens is 220 g/mol. The van der Waals surface area contributed by atoms with Crippen molar-refractivity contribution in [3.8, 4) is 0 Å². The van der Waals surface area contributed by atoms with Crippen LogP contribution in [0.3, 0.4) is 0 Å². The minimum absolute atomic E-state index is 0.0912. The first-order valence-corrected chi connectivity index (χ1v) is 6.23. The van der Waals surface area contributed by atoms with Crippen LogP contribution in [0.5, 0.6) is 0 Å². The quantitative estimate of drug-likeness (QED) is 0.523. The fourth-order valence-electron chi connectivity index (χ4n) is 1.27. The first-order chi connectivity index (χ1) is 8.16. The summed E-state index contributed by atoms with van der Waals surface area (Å²) in [6.45, 7) is 7.53. The van der Waals surface area contributed by atoms with Gasteiger partial charge in [0.25, 0.3) is 0 Å². The molecular formula is C12H26N2O3. The third kappa shape index (κ3) is 13.3. The van der Waals surface area contributed by atoms with Gasteiger partial charge in [-0.2, -0.15) is 0 Å². The van der Waals surface area contributed by atoms with E-state index in [9.17, 15) is 4.79 Å². The summed E-state index contributed by atoms with van der Waals surface area (Å²) in [6.07, 6.45) is 1.44. The zero-order valence-corrected chi connectivity index (χ0v) is 11.3. The Hall–Kier alpha value is -0.650. The van der Waals surface area contributed by atoms with Crippen molar-refractivity contribution in [2.24, 2.45) is 0 Å². The first kappa shape index (κ1) is 16.4. The van der Waals surface area contributed by atoms with Crippen LogP contribution in [0.15, 0.2) is 0 Å². The summed E-state index contributed by atoms with van der Waals surface area (Å²) >= 11 is 0. The van der Waals surface area contributed by atoms with Crippen molar-refractivity contribution in [1.82, 2.24) is 10.6 Å². The molecule has 0 saturated heterocycles. The Morgan fingerprint density at radius 1 is 1.18 bits per heavy atom. The average molecular weight is 246 g/mol. The van der Waals surface area contributed by atoms with E-state index in [0.29, 0.717) is 19.6 Å². The van der Waals surface area contributed by atoms with E-state index < -0.39 is 0 Å². The largest absolute Gasteiger partial charge is 0.385 e. The molecule has 0 aromatic rings. The highest BCUT2D eigenvalue weighted by atomic mass is 16.5. The molecule has 5 heteroatoms. The molecule has 0 aliphatic rings. The molecule has 0 radical (unpaired) electrons. The molecule has 0 atom stereocenters. The summed E-state index contributed by atoms with van der Waals surface area (Å²) in [4.78, 5) is 11.3. The number of carbonyl (C=O) groups is 1. The molecule has 17 heavy (non-hydrogen) atoms. The molecule has 0 heterocycles. The van der Waals surface area contributed by atoms with Crippen molar-refractivity contribution in [2.75, 3.05) is 40.0 Å². The predicted molar refractivity (Wildman–Crippen MR) is 68.1 cm³/mol. The number of ether oxygens (including phenoxy) is 2. The second-order valence-electron chi connectivity index (χ2n) is 4.18. The first-order valence-electron chi connectivity index (χ1n) is 6.23. The highest BCUT2D eigenvalue weighted by Gasteiger charge is 2.01. The second-order valence-corrected chi connectivity index (χ2v) is 4.18. The topological polar surface area (TPSA) is 59.6 Å². The fourth-order valence-corrected chi connectivity index (χ4v) is 1.27. The molecule has 5 nitrogen and oxygen atoms in total. The number of hydrogen-bond acceptors (Lipinski definition) is 4. The van der Waals surface area contributed by atoms with Gasteiger partial charge in [-0.15, -0.1) is 0 Å². The van der Waals surface area contributed by atoms with Gasteiger partial charge in [0.05, 0.1) is 6.61 Å². The molecule has 0 unspecified atom stereocenters. The maximum absolute atomic E-state index is 11.3. The van der Waals surface area contributed by atoms with Crippen LogP contribution in [0.25, 0.3) is 0 Å². The minimum atomic E-state index is 0.0912. The normalized spacial score (nSPS) is 10.8. The Bertz CT molecular complexity index is 187. The highest BCUT2D eigenvalue weighted by Crippen LogP contribution is 1.84. The SMILES string of the molecule is COCCCOCCNCCC(=O)NC(C)C. The summed E-state index contributed by atoms with van der Waals surface area (Å²) in [5.74, 6) is 0.0912. The van der Waals surface area contributed by atoms with Crippen LogP contribution < -0.4 is 10.6 Å². The van der Waals surface area contributed by atoms with E-state index in [2.05, 4.69) is 10.6 Å². The van der Waals surface area contributed by atoms with Gasteiger partial charge in [-0.25, -0.2) is 0 Å². The summed E-state index contributed by atoms with van der Waals surface area (Å²) in [7, 11) is 1.68. The van der Waals surface area contributed by atoms with E-state index in [1.54, 1.807) is 7.11 Å². The molecule has 2 N–H and O–H groups in total. The van der Waals surface area contributed by atoms with Crippen LogP contribution >= 0.6 is 0 Å². The number of hydrogen-bond donors (Lipinski definition) is 2. The molecule has 0 aromatic carbocycles. The zero-order valence-electron chi connectivity index (χ0n) is 11.3. The zero-order chi connectivity index (χ0) is 12.9. The Morgan fingerprint density at radius 2 is 1.94 bits per heavy atom. The Labute approximate surface area is 104 Å². The van der Waals surface area contributed by atoms with Gasteiger partial charge in [-0.1, -0.05) is 0 Å². The molecule has 102 valence electrons. The van der Waals surface area contributed by atoms with Crippen molar-refractivity contribution >= 4 is 5.91 Å². The number of amides is 1. The maximum Gasteiger partial charge on any atom is 0.221 e. The molecule has 0 aromatic heterocycles. The number of carbonyl (C=O) groups excluding carboxylic acids is 1. The van der Waals surface area contributed by atoms with Crippen LogP contribution in [0, 0.1) is 0 Å². The van der Waals surface area contributed by atoms with E-state index >= 15 is 0 Å². The third-order valence-corrected chi connectivity index (χ3v) is 2.04. The third-order valence-electron chi connectivity index (χ3n) is 2.04. The van der Waals surface area contributed by atoms with Gasteiger partial charge in [-0.3, -0.25) is 4.79 Å². The molecule has 0 saturated carbocycles. The maximum atomic E-state index is 11.3. The minimum Gasteiger partial charge on any atom is -0.385 e. The smallest absolute Gasteiger partial charge is 0.221 e. The van der Waals surface area contributed by atoms with E-state index in [1.165, 1.54) is 0 Å². The van der Waals surface area contributed by atoms with Crippen molar-refractivity contribution in [1.29, 1.82) is 0 Å². The van der Waals surface area contributed by atoms with Gasteiger partial charge < -0.3 is 20.1 Å². The van der Waals surface area contributed by atoms with E-state index in [-0.39, 0.29) is 11.9 Å². The lowest BCUT2D eigenvalue weighted by Gasteiger charge is -2.09. The highest BCUT2D eigenvalue weighted by molar-refractivity contribution is 5.76. The summed E-state index contributed by atoms with van der Waals surface area (Å²) in [5, 5.41) is 6.01. The molecule has 0 spiro atoms. The van der Waals surface area contributed by atoms with Crippen LogP contribution in [-0.2, 0) is 14.3 Å². The van der Waals surface area contributed by atoms with Gasteiger partial charge in [0.2, 0.25) is 5.91 Å². The van der Waals surface area contributed by atoms with Crippen LogP contribution in [0.1, 0.15) is 26.7 Å². The average Bonchev–Trinajstić information content (AvgIpc) is 2.26. The van der Waals surface area contributed by atoms with E-state index in [4.69, 9.17) is 9.47 Å². The second kappa shape index (κ2) is 11.8. The number of rotatable bonds is 11. The molecule has 1 amide bonds. The fraction of sp³-hybridized carbons (Fsp3) is 0.917. The lowest BCUT2D eigenvalue weighted by molar-refractivity contribution is -0.121. The Morgan fingerprint density at radius 3 is 2.59 bits per heavy atom. The van der Waals surface area contributed by atoms with Gasteiger partial charge in [0, 0.05) is 45.9 Å². The Balaban J connectivity index is 3.10. The molecule has 0 aliphatic heterocycles. The van der Waals surface area contributed by atoms with Crippen molar-refractivity contribution in [3.63, 3.8) is 0 Å². The van der Waals surface area contributed by atoms with Crippen LogP contribution in [0.2, 0.25) is 0 Å². The van der Waals surface area contributed by atoms with Gasteiger partial charge in [0.15, 0.2) is 0 Å². The van der Waals surface area contributed by atoms with E-state index in [0.717, 1.165) is 26.2 Å². The number of methoxy groups -OCH3 is 1. The standard InChI is InChI=1S/C12H26N2O3/c1-11(2)14-12(15)5-6-13-7-10-17-9-4-8-16-3/h11,13H,4-10H2,1-3H3,(H,14,15). The lowest BCUT2D eigenvalue weighted by Crippen LogP contribution is -2.33. The number of nitrogens with one attached hydrogen (secondary N) is 2. The monoisotopic (exact) mass is 246 g/mol. The molecule has 0 rings (SSSR count). The van der Waals surface area contributed by atoms with Gasteiger partial charge >= 0.3 is 0 Å². The molecule has 0 aliphatic carbocycles. The summed E-state index contributed by atoms with van der Waals surface area (Å²) in [6, 6.07) is 0.214. The van der Waals surface area contributed by atoms with Crippen LogP contribution in [-0.4, -0.2) is 52.0 Å². The van der Waals surface area contributed by atoms with Crippen molar-refractivity contribution < 1.29 is 14.3 Å². The molecule has 0 fully saturated rings. The van der Waals surface area contributed by atoms with Gasteiger partial charge in [0.1, 0.15) is 0 Å². The van der Waals surface area contributed by atoms with Gasteiger partial charge in [-0.05, 0) is 20.3 Å². The Kier molecular flexibility index (Phi) is 11.4. The van der Waals surface area contributed by atoms with Crippen molar-refractivity contribution in [2.45, 2.75) is 32.7 Å².